The number of allylic oxidation sites excluding steroid dienone is 1. The van der Waals surface area contributed by atoms with E-state index in [4.69, 9.17) is 4.74 Å². The number of hydrogen-bond donors (Lipinski definition) is 0. The number of rotatable bonds is 6. The van der Waals surface area contributed by atoms with Gasteiger partial charge in [-0.2, -0.15) is 0 Å². The molecule has 0 atom stereocenters. The van der Waals surface area contributed by atoms with Crippen LogP contribution in [0, 0.1) is 0 Å². The Kier molecular flexibility index (Phi) is 5.15. The van der Waals surface area contributed by atoms with E-state index in [1.807, 2.05) is 35.4 Å². The molecule has 7 heteroatoms. The summed E-state index contributed by atoms with van der Waals surface area (Å²) in [4.78, 5) is 23.7. The standard InChI is InChI=1S/C18H24N4O2Si/c1-25(2,3)12-11-24-14-22-17(23)15-7-4-5-8-16(15)20-18(22)21-10-6-9-19-13-21/h4-10H,11-14H2,1-3H3. The van der Waals surface area contributed by atoms with Gasteiger partial charge in [0.05, 0.1) is 10.9 Å². The predicted octanol–water partition coefficient (Wildman–Crippen LogP) is 3.07. The van der Waals surface area contributed by atoms with Crippen LogP contribution in [0.2, 0.25) is 25.7 Å². The van der Waals surface area contributed by atoms with Crippen LogP contribution in [0.15, 0.2) is 46.3 Å². The van der Waals surface area contributed by atoms with E-state index >= 15 is 0 Å². The number of para-hydroxylation sites is 1. The second-order valence-electron chi connectivity index (χ2n) is 7.29. The minimum Gasteiger partial charge on any atom is -0.361 e. The molecule has 1 aromatic heterocycles. The lowest BCUT2D eigenvalue weighted by Crippen LogP contribution is -2.32. The fourth-order valence-corrected chi connectivity index (χ4v) is 3.30. The van der Waals surface area contributed by atoms with E-state index in [1.165, 1.54) is 0 Å². The van der Waals surface area contributed by atoms with Crippen molar-refractivity contribution in [2.45, 2.75) is 32.4 Å². The van der Waals surface area contributed by atoms with Gasteiger partial charge in [0.15, 0.2) is 0 Å². The molecule has 3 rings (SSSR count). The van der Waals surface area contributed by atoms with Crippen LogP contribution in [0.1, 0.15) is 0 Å². The SMILES string of the molecule is C[Si](C)(C)CCOCn1c(N2C=CC=NC2)nc2ccccc2c1=O. The Morgan fingerprint density at radius 2 is 2.04 bits per heavy atom. The minimum absolute atomic E-state index is 0.0865. The van der Waals surface area contributed by atoms with Crippen molar-refractivity contribution in [3.05, 3.63) is 46.9 Å². The molecule has 0 N–H and O–H groups in total. The molecule has 0 unspecified atom stereocenters. The van der Waals surface area contributed by atoms with Crippen LogP contribution in [0.4, 0.5) is 5.95 Å². The molecule has 25 heavy (non-hydrogen) atoms. The lowest BCUT2D eigenvalue weighted by molar-refractivity contribution is 0.0855. The molecular formula is C18H24N4O2Si. The molecule has 0 fully saturated rings. The molecule has 0 amide bonds. The number of anilines is 1. The molecule has 0 aliphatic carbocycles. The monoisotopic (exact) mass is 356 g/mol. The highest BCUT2D eigenvalue weighted by Gasteiger charge is 2.17. The maximum Gasteiger partial charge on any atom is 0.264 e. The van der Waals surface area contributed by atoms with Crippen LogP contribution in [0.5, 0.6) is 0 Å². The van der Waals surface area contributed by atoms with Crippen LogP contribution in [-0.4, -0.2) is 37.1 Å². The summed E-state index contributed by atoms with van der Waals surface area (Å²) in [7, 11) is -1.17. The zero-order chi connectivity index (χ0) is 17.9. The topological polar surface area (TPSA) is 59.7 Å². The second kappa shape index (κ2) is 7.33. The van der Waals surface area contributed by atoms with Gasteiger partial charge in [0, 0.05) is 27.1 Å². The third kappa shape index (κ3) is 4.24. The Labute approximate surface area is 148 Å². The van der Waals surface area contributed by atoms with Gasteiger partial charge in [-0.3, -0.25) is 19.3 Å². The average Bonchev–Trinajstić information content (AvgIpc) is 2.60. The molecule has 1 aromatic carbocycles. The van der Waals surface area contributed by atoms with Crippen LogP contribution in [-0.2, 0) is 11.5 Å². The lowest BCUT2D eigenvalue weighted by Gasteiger charge is -2.23. The van der Waals surface area contributed by atoms with E-state index in [1.54, 1.807) is 16.8 Å². The van der Waals surface area contributed by atoms with Crippen LogP contribution < -0.4 is 10.5 Å². The van der Waals surface area contributed by atoms with Gasteiger partial charge in [0.25, 0.3) is 5.56 Å². The van der Waals surface area contributed by atoms with E-state index in [9.17, 15) is 4.79 Å². The Bertz CT molecular complexity index is 867. The maximum atomic E-state index is 12.9. The van der Waals surface area contributed by atoms with Crippen molar-refractivity contribution in [3.8, 4) is 0 Å². The summed E-state index contributed by atoms with van der Waals surface area (Å²) in [6, 6.07) is 8.46. The van der Waals surface area contributed by atoms with Crippen molar-refractivity contribution in [2.24, 2.45) is 4.99 Å². The summed E-state index contributed by atoms with van der Waals surface area (Å²) in [6.45, 7) is 8.22. The molecular weight excluding hydrogens is 332 g/mol. The Morgan fingerprint density at radius 1 is 1.24 bits per heavy atom. The zero-order valence-corrected chi connectivity index (χ0v) is 16.0. The fraction of sp³-hybridized carbons (Fsp3) is 0.389. The van der Waals surface area contributed by atoms with Crippen molar-refractivity contribution in [1.82, 2.24) is 9.55 Å². The average molecular weight is 357 g/mol. The Balaban J connectivity index is 1.93. The molecule has 1 aliphatic rings. The molecule has 2 aromatic rings. The normalized spacial score (nSPS) is 14.4. The molecule has 132 valence electrons. The zero-order valence-electron chi connectivity index (χ0n) is 15.0. The fourth-order valence-electron chi connectivity index (χ4n) is 2.54. The first-order valence-electron chi connectivity index (χ1n) is 8.46. The van der Waals surface area contributed by atoms with Gasteiger partial charge >= 0.3 is 0 Å². The van der Waals surface area contributed by atoms with E-state index in [2.05, 4.69) is 29.6 Å². The molecule has 1 aliphatic heterocycles. The van der Waals surface area contributed by atoms with Crippen molar-refractivity contribution < 1.29 is 4.74 Å². The van der Waals surface area contributed by atoms with Crippen molar-refractivity contribution in [3.63, 3.8) is 0 Å². The maximum absolute atomic E-state index is 12.9. The number of fused-ring (bicyclic) bond motifs is 1. The van der Waals surface area contributed by atoms with Gasteiger partial charge in [0.1, 0.15) is 13.4 Å². The summed E-state index contributed by atoms with van der Waals surface area (Å²) in [5.41, 5.74) is 0.598. The van der Waals surface area contributed by atoms with E-state index in [-0.39, 0.29) is 12.3 Å². The van der Waals surface area contributed by atoms with Crippen LogP contribution in [0.3, 0.4) is 0 Å². The van der Waals surface area contributed by atoms with Gasteiger partial charge in [0.2, 0.25) is 5.95 Å². The number of nitrogens with zero attached hydrogens (tertiary/aromatic N) is 4. The highest BCUT2D eigenvalue weighted by molar-refractivity contribution is 6.76. The summed E-state index contributed by atoms with van der Waals surface area (Å²) in [6.07, 6.45) is 5.45. The second-order valence-corrected chi connectivity index (χ2v) is 12.9. The van der Waals surface area contributed by atoms with Crippen LogP contribution >= 0.6 is 0 Å². The minimum atomic E-state index is -1.17. The smallest absolute Gasteiger partial charge is 0.264 e. The molecule has 0 radical (unpaired) electrons. The van der Waals surface area contributed by atoms with E-state index in [0.29, 0.717) is 30.1 Å². The lowest BCUT2D eigenvalue weighted by atomic mass is 10.2. The summed E-state index contributed by atoms with van der Waals surface area (Å²) < 4.78 is 7.42. The summed E-state index contributed by atoms with van der Waals surface area (Å²) in [5.74, 6) is 0.560. The third-order valence-corrected chi connectivity index (χ3v) is 5.71. The van der Waals surface area contributed by atoms with Gasteiger partial charge in [-0.05, 0) is 24.3 Å². The summed E-state index contributed by atoms with van der Waals surface area (Å²) >= 11 is 0. The third-order valence-electron chi connectivity index (χ3n) is 4.01. The predicted molar refractivity (Wildman–Crippen MR) is 105 cm³/mol. The van der Waals surface area contributed by atoms with E-state index in [0.717, 1.165) is 6.04 Å². The Morgan fingerprint density at radius 3 is 2.76 bits per heavy atom. The number of benzene rings is 1. The summed E-state index contributed by atoms with van der Waals surface area (Å²) in [5, 5.41) is 0.601. The molecule has 0 saturated heterocycles. The van der Waals surface area contributed by atoms with Crippen molar-refractivity contribution in [1.29, 1.82) is 0 Å². The van der Waals surface area contributed by atoms with Crippen LogP contribution in [0.25, 0.3) is 10.9 Å². The molecule has 2 heterocycles. The first kappa shape index (κ1) is 17.6. The highest BCUT2D eigenvalue weighted by Crippen LogP contribution is 2.17. The van der Waals surface area contributed by atoms with E-state index < -0.39 is 8.07 Å². The number of aromatic nitrogens is 2. The van der Waals surface area contributed by atoms with Gasteiger partial charge < -0.3 is 4.74 Å². The van der Waals surface area contributed by atoms with Crippen molar-refractivity contribution >= 4 is 31.1 Å². The number of aliphatic imine (C=N–C) groups is 1. The van der Waals surface area contributed by atoms with Crippen molar-refractivity contribution in [2.75, 3.05) is 18.2 Å². The Hall–Kier alpha value is -2.25. The quantitative estimate of drug-likeness (QED) is 0.589. The first-order chi connectivity index (χ1) is 12.0. The largest absolute Gasteiger partial charge is 0.361 e. The highest BCUT2D eigenvalue weighted by atomic mass is 28.3. The first-order valence-corrected chi connectivity index (χ1v) is 12.2. The number of ether oxygens (including phenoxy) is 1. The van der Waals surface area contributed by atoms with Gasteiger partial charge in [-0.25, -0.2) is 4.98 Å². The molecule has 0 spiro atoms. The molecule has 6 nitrogen and oxygen atoms in total. The van der Waals surface area contributed by atoms with Gasteiger partial charge in [-0.1, -0.05) is 31.8 Å². The molecule has 0 bridgehead atoms. The van der Waals surface area contributed by atoms with Gasteiger partial charge in [-0.15, -0.1) is 0 Å². The number of hydrogen-bond acceptors (Lipinski definition) is 5. The molecule has 0 saturated carbocycles.